The first-order valence-electron chi connectivity index (χ1n) is 9.98. The van der Waals surface area contributed by atoms with Crippen molar-refractivity contribution < 1.29 is 23.9 Å². The number of halogens is 1. The lowest BCUT2D eigenvalue weighted by Gasteiger charge is -2.22. The van der Waals surface area contributed by atoms with Gasteiger partial charge < -0.3 is 14.4 Å². The monoisotopic (exact) mass is 452 g/mol. The maximum absolute atomic E-state index is 12.8. The Hall–Kier alpha value is -2.19. The largest absolute Gasteiger partial charge is 0.493 e. The lowest BCUT2D eigenvalue weighted by atomic mass is 10.1. The van der Waals surface area contributed by atoms with Gasteiger partial charge >= 0.3 is 0 Å². The van der Waals surface area contributed by atoms with Crippen LogP contribution in [0.3, 0.4) is 0 Å². The van der Waals surface area contributed by atoms with E-state index in [1.165, 1.54) is 7.11 Å². The molecular formula is C21H25ClN2O5S. The van der Waals surface area contributed by atoms with Crippen molar-refractivity contribution >= 4 is 46.5 Å². The zero-order valence-corrected chi connectivity index (χ0v) is 18.7. The van der Waals surface area contributed by atoms with Gasteiger partial charge in [0.25, 0.3) is 11.1 Å². The van der Waals surface area contributed by atoms with Crippen LogP contribution in [0.1, 0.15) is 38.2 Å². The quantitative estimate of drug-likeness (QED) is 0.602. The first kappa shape index (κ1) is 22.5. The normalized spacial score (nSPS) is 18.7. The number of hydrogen-bond acceptors (Lipinski definition) is 6. The summed E-state index contributed by atoms with van der Waals surface area (Å²) in [5.41, 5.74) is 0.533. The third-order valence-corrected chi connectivity index (χ3v) is 6.23. The lowest BCUT2D eigenvalue weighted by Crippen LogP contribution is -2.42. The molecule has 0 N–H and O–H groups in total. The molecule has 7 nitrogen and oxygen atoms in total. The molecule has 1 aromatic carbocycles. The number of benzene rings is 1. The van der Waals surface area contributed by atoms with Crippen LogP contribution in [0, 0.1) is 0 Å². The Morgan fingerprint density at radius 2 is 1.87 bits per heavy atom. The summed E-state index contributed by atoms with van der Waals surface area (Å²) in [4.78, 5) is 40.8. The second-order valence-corrected chi connectivity index (χ2v) is 8.42. The fourth-order valence-corrected chi connectivity index (χ4v) is 4.46. The Kier molecular flexibility index (Phi) is 7.66. The SMILES string of the molecule is CCOc1cc(C=C2SC(=O)N(CC(=O)N3CCCCCC3)C2=O)c(Cl)cc1OC. The van der Waals surface area contributed by atoms with Gasteiger partial charge in [-0.05, 0) is 49.2 Å². The van der Waals surface area contributed by atoms with Gasteiger partial charge in [0, 0.05) is 19.2 Å². The predicted octanol–water partition coefficient (Wildman–Crippen LogP) is 4.19. The van der Waals surface area contributed by atoms with Gasteiger partial charge in [0.1, 0.15) is 6.54 Å². The van der Waals surface area contributed by atoms with Gasteiger partial charge in [0.05, 0.1) is 23.6 Å². The third-order valence-electron chi connectivity index (χ3n) is 5.00. The number of amides is 3. The Morgan fingerprint density at radius 1 is 1.17 bits per heavy atom. The first-order chi connectivity index (χ1) is 14.4. The molecule has 3 rings (SSSR count). The van der Waals surface area contributed by atoms with Crippen LogP contribution in [0.5, 0.6) is 11.5 Å². The highest BCUT2D eigenvalue weighted by atomic mass is 35.5. The Balaban J connectivity index is 1.77. The summed E-state index contributed by atoms with van der Waals surface area (Å²) in [7, 11) is 1.51. The van der Waals surface area contributed by atoms with E-state index in [2.05, 4.69) is 0 Å². The summed E-state index contributed by atoms with van der Waals surface area (Å²) in [5.74, 6) is 0.293. The summed E-state index contributed by atoms with van der Waals surface area (Å²) < 4.78 is 10.8. The summed E-state index contributed by atoms with van der Waals surface area (Å²) in [6, 6.07) is 3.27. The molecule has 2 aliphatic rings. The van der Waals surface area contributed by atoms with Crippen molar-refractivity contribution in [2.75, 3.05) is 33.4 Å². The molecule has 30 heavy (non-hydrogen) atoms. The van der Waals surface area contributed by atoms with Crippen molar-refractivity contribution in [3.8, 4) is 11.5 Å². The van der Waals surface area contributed by atoms with Crippen molar-refractivity contribution in [3.63, 3.8) is 0 Å². The van der Waals surface area contributed by atoms with Crippen LogP contribution in [0.25, 0.3) is 6.08 Å². The number of methoxy groups -OCH3 is 1. The number of carbonyl (C=O) groups is 3. The molecule has 0 unspecified atom stereocenters. The second kappa shape index (κ2) is 10.2. The molecule has 9 heteroatoms. The van der Waals surface area contributed by atoms with E-state index < -0.39 is 11.1 Å². The molecule has 0 radical (unpaired) electrons. The number of thioether (sulfide) groups is 1. The van der Waals surface area contributed by atoms with Crippen LogP contribution in [0.4, 0.5) is 4.79 Å². The maximum atomic E-state index is 12.8. The predicted molar refractivity (Wildman–Crippen MR) is 117 cm³/mol. The molecule has 2 aliphatic heterocycles. The van der Waals surface area contributed by atoms with Gasteiger partial charge in [-0.2, -0.15) is 0 Å². The number of nitrogens with zero attached hydrogens (tertiary/aromatic N) is 2. The lowest BCUT2D eigenvalue weighted by molar-refractivity contribution is -0.135. The van der Waals surface area contributed by atoms with Crippen LogP contribution in [0.2, 0.25) is 5.02 Å². The van der Waals surface area contributed by atoms with Crippen LogP contribution in [-0.4, -0.2) is 60.2 Å². The minimum atomic E-state index is -0.488. The van der Waals surface area contributed by atoms with Gasteiger partial charge in [0.15, 0.2) is 11.5 Å². The van der Waals surface area contributed by atoms with Crippen molar-refractivity contribution in [1.82, 2.24) is 9.80 Å². The van der Waals surface area contributed by atoms with Gasteiger partial charge in [-0.3, -0.25) is 19.3 Å². The number of carbonyl (C=O) groups excluding carboxylic acids is 3. The van der Waals surface area contributed by atoms with Crippen LogP contribution >= 0.6 is 23.4 Å². The second-order valence-electron chi connectivity index (χ2n) is 7.02. The highest BCUT2D eigenvalue weighted by Gasteiger charge is 2.37. The van der Waals surface area contributed by atoms with E-state index in [9.17, 15) is 14.4 Å². The van der Waals surface area contributed by atoms with Crippen molar-refractivity contribution in [2.45, 2.75) is 32.6 Å². The third kappa shape index (κ3) is 5.10. The molecule has 0 saturated carbocycles. The number of ether oxygens (including phenoxy) is 2. The number of imide groups is 1. The Labute approximate surface area is 185 Å². The molecule has 2 fully saturated rings. The zero-order chi connectivity index (χ0) is 21.7. The molecule has 2 heterocycles. The molecule has 162 valence electrons. The van der Waals surface area contributed by atoms with Crippen LogP contribution in [0.15, 0.2) is 17.0 Å². The van der Waals surface area contributed by atoms with E-state index in [1.807, 2.05) is 6.92 Å². The minimum Gasteiger partial charge on any atom is -0.493 e. The Morgan fingerprint density at radius 3 is 2.50 bits per heavy atom. The minimum absolute atomic E-state index is 0.193. The fraction of sp³-hybridized carbons (Fsp3) is 0.476. The summed E-state index contributed by atoms with van der Waals surface area (Å²) in [6.45, 7) is 3.40. The highest BCUT2D eigenvalue weighted by Crippen LogP contribution is 2.37. The standard InChI is InChI=1S/C21H25ClN2O5S/c1-3-29-17-10-14(15(22)12-16(17)28-2)11-18-20(26)24(21(27)30-18)13-19(25)23-8-6-4-5-7-9-23/h10-12H,3-9,13H2,1-2H3. The summed E-state index contributed by atoms with van der Waals surface area (Å²) >= 11 is 7.12. The van der Waals surface area contributed by atoms with Crippen LogP contribution < -0.4 is 9.47 Å². The molecule has 0 bridgehead atoms. The van der Waals surface area contributed by atoms with E-state index in [4.69, 9.17) is 21.1 Å². The van der Waals surface area contributed by atoms with Crippen molar-refractivity contribution in [2.24, 2.45) is 0 Å². The molecule has 0 spiro atoms. The number of likely N-dealkylation sites (tertiary alicyclic amines) is 1. The van der Waals surface area contributed by atoms with E-state index >= 15 is 0 Å². The highest BCUT2D eigenvalue weighted by molar-refractivity contribution is 8.18. The van der Waals surface area contributed by atoms with E-state index in [0.717, 1.165) is 42.3 Å². The van der Waals surface area contributed by atoms with Gasteiger partial charge in [-0.15, -0.1) is 0 Å². The molecule has 0 aromatic heterocycles. The topological polar surface area (TPSA) is 76.2 Å². The number of rotatable bonds is 6. The summed E-state index contributed by atoms with van der Waals surface area (Å²) in [6.07, 6.45) is 5.64. The van der Waals surface area contributed by atoms with Gasteiger partial charge in [-0.1, -0.05) is 24.4 Å². The van der Waals surface area contributed by atoms with Crippen molar-refractivity contribution in [1.29, 1.82) is 0 Å². The average molecular weight is 453 g/mol. The van der Waals surface area contributed by atoms with E-state index in [0.29, 0.717) is 41.8 Å². The molecule has 1 aromatic rings. The van der Waals surface area contributed by atoms with E-state index in [-0.39, 0.29) is 17.4 Å². The Bertz CT molecular complexity index is 865. The molecule has 0 atom stereocenters. The smallest absolute Gasteiger partial charge is 0.294 e. The van der Waals surface area contributed by atoms with Crippen LogP contribution in [-0.2, 0) is 9.59 Å². The fourth-order valence-electron chi connectivity index (χ4n) is 3.42. The van der Waals surface area contributed by atoms with Crippen molar-refractivity contribution in [3.05, 3.63) is 27.6 Å². The van der Waals surface area contributed by atoms with E-state index in [1.54, 1.807) is 23.1 Å². The molecule has 3 amide bonds. The van der Waals surface area contributed by atoms with Gasteiger partial charge in [-0.25, -0.2) is 0 Å². The average Bonchev–Trinajstić information content (AvgIpc) is 2.92. The molecule has 0 aliphatic carbocycles. The zero-order valence-electron chi connectivity index (χ0n) is 17.1. The maximum Gasteiger partial charge on any atom is 0.294 e. The number of hydrogen-bond donors (Lipinski definition) is 0. The first-order valence-corrected chi connectivity index (χ1v) is 11.2. The molecular weight excluding hydrogens is 428 g/mol. The van der Waals surface area contributed by atoms with Gasteiger partial charge in [0.2, 0.25) is 5.91 Å². The molecule has 2 saturated heterocycles. The summed E-state index contributed by atoms with van der Waals surface area (Å²) in [5, 5.41) is -0.0909.